The zero-order valence-electron chi connectivity index (χ0n) is 10.9. The Labute approximate surface area is 124 Å². The molecule has 0 spiro atoms. The van der Waals surface area contributed by atoms with Crippen molar-refractivity contribution in [2.45, 2.75) is 12.5 Å². The smallest absolute Gasteiger partial charge is 0.165 e. The van der Waals surface area contributed by atoms with Gasteiger partial charge in [0.1, 0.15) is 5.82 Å². The molecule has 2 aromatic carbocycles. The largest absolute Gasteiger partial charge is 0.494 e. The molecule has 0 aliphatic heterocycles. The molecule has 2 nitrogen and oxygen atoms in total. The zero-order chi connectivity index (χ0) is 14.7. The van der Waals surface area contributed by atoms with E-state index in [-0.39, 0.29) is 11.6 Å². The van der Waals surface area contributed by atoms with Gasteiger partial charge in [-0.05, 0) is 36.2 Å². The number of benzene rings is 2. The van der Waals surface area contributed by atoms with Crippen molar-refractivity contribution in [3.8, 4) is 5.75 Å². The first-order valence-corrected chi connectivity index (χ1v) is 6.84. The number of halogens is 3. The van der Waals surface area contributed by atoms with Gasteiger partial charge in [-0.3, -0.25) is 0 Å². The molecule has 0 aliphatic carbocycles. The van der Waals surface area contributed by atoms with E-state index in [2.05, 4.69) is 15.9 Å². The number of hydrogen-bond acceptors (Lipinski definition) is 2. The summed E-state index contributed by atoms with van der Waals surface area (Å²) in [5.74, 6) is -0.653. The van der Waals surface area contributed by atoms with Crippen LogP contribution >= 0.6 is 15.9 Å². The van der Waals surface area contributed by atoms with Crippen molar-refractivity contribution < 1.29 is 13.5 Å². The van der Waals surface area contributed by atoms with Crippen molar-refractivity contribution in [1.29, 1.82) is 0 Å². The van der Waals surface area contributed by atoms with E-state index in [4.69, 9.17) is 10.5 Å². The molecule has 0 saturated heterocycles. The molecule has 1 unspecified atom stereocenters. The highest BCUT2D eigenvalue weighted by Crippen LogP contribution is 2.28. The van der Waals surface area contributed by atoms with E-state index in [1.54, 1.807) is 18.2 Å². The highest BCUT2D eigenvalue weighted by atomic mass is 79.9. The molecule has 0 bridgehead atoms. The maximum absolute atomic E-state index is 13.8. The minimum absolute atomic E-state index is 0.175. The predicted molar refractivity (Wildman–Crippen MR) is 77.7 cm³/mol. The van der Waals surface area contributed by atoms with Crippen molar-refractivity contribution in [3.63, 3.8) is 0 Å². The van der Waals surface area contributed by atoms with Crippen molar-refractivity contribution in [3.05, 3.63) is 63.6 Å². The van der Waals surface area contributed by atoms with Gasteiger partial charge in [-0.2, -0.15) is 0 Å². The van der Waals surface area contributed by atoms with Gasteiger partial charge in [0.05, 0.1) is 7.11 Å². The average Bonchev–Trinajstić information content (AvgIpc) is 2.38. The molecule has 106 valence electrons. The first-order chi connectivity index (χ1) is 9.52. The number of methoxy groups -OCH3 is 1. The third kappa shape index (κ3) is 3.16. The van der Waals surface area contributed by atoms with Crippen LogP contribution in [0.1, 0.15) is 17.2 Å². The lowest BCUT2D eigenvalue weighted by atomic mass is 9.99. The van der Waals surface area contributed by atoms with Gasteiger partial charge in [0.15, 0.2) is 11.6 Å². The molecule has 5 heteroatoms. The highest BCUT2D eigenvalue weighted by Gasteiger charge is 2.16. The third-order valence-corrected chi connectivity index (χ3v) is 3.73. The van der Waals surface area contributed by atoms with E-state index in [9.17, 15) is 8.78 Å². The predicted octanol–water partition coefficient (Wildman–Crippen LogP) is 3.98. The second kappa shape index (κ2) is 6.33. The fraction of sp³-hybridized carbons (Fsp3) is 0.200. The number of ether oxygens (including phenoxy) is 1. The second-order valence-electron chi connectivity index (χ2n) is 4.41. The van der Waals surface area contributed by atoms with Crippen LogP contribution in [0.15, 0.2) is 40.9 Å². The van der Waals surface area contributed by atoms with Crippen LogP contribution in [0.4, 0.5) is 8.78 Å². The molecule has 2 rings (SSSR count). The molecule has 1 atom stereocenters. The number of nitrogens with two attached hydrogens (primary N) is 1. The van der Waals surface area contributed by atoms with Crippen molar-refractivity contribution >= 4 is 15.9 Å². The molecule has 0 aliphatic rings. The summed E-state index contributed by atoms with van der Waals surface area (Å²) >= 11 is 3.28. The molecule has 2 aromatic rings. The van der Waals surface area contributed by atoms with Gasteiger partial charge in [0, 0.05) is 16.1 Å². The maximum atomic E-state index is 13.8. The highest BCUT2D eigenvalue weighted by molar-refractivity contribution is 9.10. The Kier molecular flexibility index (Phi) is 4.73. The Morgan fingerprint density at radius 2 is 1.95 bits per heavy atom. The summed E-state index contributed by atoms with van der Waals surface area (Å²) in [6.07, 6.45) is 0.334. The molecule has 0 heterocycles. The summed E-state index contributed by atoms with van der Waals surface area (Å²) in [5, 5.41) is 0. The Morgan fingerprint density at radius 1 is 1.20 bits per heavy atom. The van der Waals surface area contributed by atoms with Gasteiger partial charge in [-0.25, -0.2) is 8.78 Å². The zero-order valence-corrected chi connectivity index (χ0v) is 12.5. The van der Waals surface area contributed by atoms with Gasteiger partial charge >= 0.3 is 0 Å². The van der Waals surface area contributed by atoms with Crippen LogP contribution in [-0.2, 0) is 6.42 Å². The summed E-state index contributed by atoms with van der Waals surface area (Å²) in [4.78, 5) is 0. The van der Waals surface area contributed by atoms with Crippen molar-refractivity contribution in [2.75, 3.05) is 7.11 Å². The standard InChI is InChI=1S/C15H14BrF2NO/c1-20-14-6-5-9(7-12(14)18)8-13(19)15-10(16)3-2-4-11(15)17/h2-7,13H,8,19H2,1H3. The van der Waals surface area contributed by atoms with Crippen molar-refractivity contribution in [1.82, 2.24) is 0 Å². The van der Waals surface area contributed by atoms with Gasteiger partial charge in [-0.1, -0.05) is 28.1 Å². The molecular weight excluding hydrogens is 328 g/mol. The molecule has 0 aromatic heterocycles. The lowest BCUT2D eigenvalue weighted by Crippen LogP contribution is -2.16. The Morgan fingerprint density at radius 3 is 2.55 bits per heavy atom. The fourth-order valence-corrected chi connectivity index (χ4v) is 2.69. The summed E-state index contributed by atoms with van der Waals surface area (Å²) < 4.78 is 32.9. The maximum Gasteiger partial charge on any atom is 0.165 e. The van der Waals surface area contributed by atoms with Crippen LogP contribution in [0.5, 0.6) is 5.75 Å². The third-order valence-electron chi connectivity index (χ3n) is 3.04. The van der Waals surface area contributed by atoms with E-state index in [1.807, 2.05) is 0 Å². The van der Waals surface area contributed by atoms with Crippen LogP contribution in [0, 0.1) is 11.6 Å². The number of hydrogen-bond donors (Lipinski definition) is 1. The Hall–Kier alpha value is -1.46. The second-order valence-corrected chi connectivity index (χ2v) is 5.27. The van der Waals surface area contributed by atoms with Crippen LogP contribution in [0.25, 0.3) is 0 Å². The van der Waals surface area contributed by atoms with Crippen LogP contribution in [-0.4, -0.2) is 7.11 Å². The summed E-state index contributed by atoms with van der Waals surface area (Å²) in [6.45, 7) is 0. The first-order valence-electron chi connectivity index (χ1n) is 6.05. The van der Waals surface area contributed by atoms with Gasteiger partial charge in [-0.15, -0.1) is 0 Å². The van der Waals surface area contributed by atoms with Crippen LogP contribution in [0.3, 0.4) is 0 Å². The SMILES string of the molecule is COc1ccc(CC(N)c2c(F)cccc2Br)cc1F. The minimum atomic E-state index is -0.557. The molecule has 2 N–H and O–H groups in total. The molecule has 0 saturated carbocycles. The van der Waals surface area contributed by atoms with E-state index in [1.165, 1.54) is 25.3 Å². The summed E-state index contributed by atoms with van der Waals surface area (Å²) in [7, 11) is 1.40. The number of rotatable bonds is 4. The van der Waals surface area contributed by atoms with E-state index in [0.717, 1.165) is 0 Å². The molecular formula is C15H14BrF2NO. The average molecular weight is 342 g/mol. The lowest BCUT2D eigenvalue weighted by molar-refractivity contribution is 0.386. The lowest BCUT2D eigenvalue weighted by Gasteiger charge is -2.15. The van der Waals surface area contributed by atoms with Crippen LogP contribution < -0.4 is 10.5 Å². The molecule has 0 amide bonds. The van der Waals surface area contributed by atoms with Gasteiger partial charge in [0.25, 0.3) is 0 Å². The van der Waals surface area contributed by atoms with E-state index in [0.29, 0.717) is 22.0 Å². The van der Waals surface area contributed by atoms with Gasteiger partial charge in [0.2, 0.25) is 0 Å². The molecule has 0 radical (unpaired) electrons. The summed E-state index contributed by atoms with van der Waals surface area (Å²) in [6, 6.07) is 8.74. The first kappa shape index (κ1) is 14.9. The van der Waals surface area contributed by atoms with Crippen molar-refractivity contribution in [2.24, 2.45) is 5.73 Å². The summed E-state index contributed by atoms with van der Waals surface area (Å²) in [5.41, 5.74) is 7.10. The molecule has 0 fully saturated rings. The van der Waals surface area contributed by atoms with E-state index < -0.39 is 11.9 Å². The van der Waals surface area contributed by atoms with Gasteiger partial charge < -0.3 is 10.5 Å². The minimum Gasteiger partial charge on any atom is -0.494 e. The normalized spacial score (nSPS) is 12.2. The van der Waals surface area contributed by atoms with Crippen LogP contribution in [0.2, 0.25) is 0 Å². The Bertz CT molecular complexity index is 599. The topological polar surface area (TPSA) is 35.2 Å². The quantitative estimate of drug-likeness (QED) is 0.912. The monoisotopic (exact) mass is 341 g/mol. The fourth-order valence-electron chi connectivity index (χ4n) is 2.06. The molecule has 20 heavy (non-hydrogen) atoms. The Balaban J connectivity index is 2.23. The van der Waals surface area contributed by atoms with E-state index >= 15 is 0 Å².